The first-order chi connectivity index (χ1) is 8.71. The Morgan fingerprint density at radius 3 is 2.26 bits per heavy atom. The second kappa shape index (κ2) is 6.04. The van der Waals surface area contributed by atoms with Gasteiger partial charge in [0.15, 0.2) is 0 Å². The number of methoxy groups -OCH3 is 1. The van der Waals surface area contributed by atoms with Crippen molar-refractivity contribution in [1.29, 1.82) is 0 Å². The smallest absolute Gasteiger partial charge is 0.407 e. The van der Waals surface area contributed by atoms with Gasteiger partial charge in [-0.1, -0.05) is 0 Å². The zero-order chi connectivity index (χ0) is 14.6. The second-order valence-corrected chi connectivity index (χ2v) is 5.73. The van der Waals surface area contributed by atoms with Crippen molar-refractivity contribution in [3.8, 4) is 0 Å². The van der Waals surface area contributed by atoms with E-state index in [1.807, 2.05) is 0 Å². The summed E-state index contributed by atoms with van der Waals surface area (Å²) in [5.41, 5.74) is -0.534. The predicted octanol–water partition coefficient (Wildman–Crippen LogP) is 1.42. The number of ketones is 1. The normalized spacial score (nSPS) is 22.1. The molecule has 0 aromatic heterocycles. The van der Waals surface area contributed by atoms with Crippen LogP contribution in [-0.2, 0) is 19.1 Å². The molecular formula is C13H21NO5. The number of ether oxygens (including phenoxy) is 2. The summed E-state index contributed by atoms with van der Waals surface area (Å²) in [7, 11) is 1.25. The maximum absolute atomic E-state index is 11.6. The molecule has 6 heteroatoms. The Kier molecular flexibility index (Phi) is 4.91. The molecule has 6 nitrogen and oxygen atoms in total. The highest BCUT2D eigenvalue weighted by Crippen LogP contribution is 2.29. The molecule has 1 N–H and O–H groups in total. The number of amides is 1. The van der Waals surface area contributed by atoms with Gasteiger partial charge in [-0.3, -0.25) is 9.59 Å². The van der Waals surface area contributed by atoms with E-state index in [0.29, 0.717) is 12.8 Å². The Labute approximate surface area is 112 Å². The summed E-state index contributed by atoms with van der Waals surface area (Å²) in [6.45, 7) is 5.36. The minimum absolute atomic E-state index is 0.0542. The SMILES string of the molecule is COC(=O)CC(=O)[C@H]1C[C@H](NC(=O)OC(C)(C)C)C1. The second-order valence-electron chi connectivity index (χ2n) is 5.73. The summed E-state index contributed by atoms with van der Waals surface area (Å²) in [4.78, 5) is 34.0. The van der Waals surface area contributed by atoms with Gasteiger partial charge in [0.1, 0.15) is 17.8 Å². The molecule has 0 unspecified atom stereocenters. The van der Waals surface area contributed by atoms with Crippen LogP contribution in [0.2, 0.25) is 0 Å². The van der Waals surface area contributed by atoms with E-state index in [-0.39, 0.29) is 24.2 Å². The molecule has 0 saturated heterocycles. The van der Waals surface area contributed by atoms with E-state index in [4.69, 9.17) is 4.74 Å². The average Bonchev–Trinajstić information content (AvgIpc) is 2.19. The topological polar surface area (TPSA) is 81.7 Å². The van der Waals surface area contributed by atoms with Crippen LogP contribution in [0.1, 0.15) is 40.0 Å². The summed E-state index contributed by atoms with van der Waals surface area (Å²) in [5.74, 6) is -0.818. The van der Waals surface area contributed by atoms with Crippen LogP contribution in [0, 0.1) is 5.92 Å². The number of nitrogens with one attached hydrogen (secondary N) is 1. The van der Waals surface area contributed by atoms with E-state index in [0.717, 1.165) is 0 Å². The van der Waals surface area contributed by atoms with E-state index >= 15 is 0 Å². The van der Waals surface area contributed by atoms with Gasteiger partial charge in [0.2, 0.25) is 0 Å². The molecule has 108 valence electrons. The summed E-state index contributed by atoms with van der Waals surface area (Å²) in [5, 5.41) is 2.70. The molecular weight excluding hydrogens is 250 g/mol. The van der Waals surface area contributed by atoms with Gasteiger partial charge < -0.3 is 14.8 Å². The number of Topliss-reactive ketones (excluding diaryl/α,β-unsaturated/α-hetero) is 1. The van der Waals surface area contributed by atoms with Crippen LogP contribution in [-0.4, -0.2) is 36.6 Å². The first kappa shape index (κ1) is 15.5. The fourth-order valence-corrected chi connectivity index (χ4v) is 1.83. The molecule has 0 bridgehead atoms. The number of alkyl carbamates (subject to hydrolysis) is 1. The van der Waals surface area contributed by atoms with E-state index in [2.05, 4.69) is 10.1 Å². The highest BCUT2D eigenvalue weighted by atomic mass is 16.6. The predicted molar refractivity (Wildman–Crippen MR) is 67.5 cm³/mol. The van der Waals surface area contributed by atoms with Crippen molar-refractivity contribution < 1.29 is 23.9 Å². The van der Waals surface area contributed by atoms with Crippen LogP contribution in [0.5, 0.6) is 0 Å². The molecule has 0 aromatic rings. The number of hydrogen-bond acceptors (Lipinski definition) is 5. The molecule has 0 spiro atoms. The molecule has 1 rings (SSSR count). The Morgan fingerprint density at radius 2 is 1.79 bits per heavy atom. The van der Waals surface area contributed by atoms with Crippen molar-refractivity contribution in [2.45, 2.75) is 51.7 Å². The fourth-order valence-electron chi connectivity index (χ4n) is 1.83. The largest absolute Gasteiger partial charge is 0.469 e. The van der Waals surface area contributed by atoms with Gasteiger partial charge in [-0.25, -0.2) is 4.79 Å². The van der Waals surface area contributed by atoms with Gasteiger partial charge in [-0.2, -0.15) is 0 Å². The Morgan fingerprint density at radius 1 is 1.21 bits per heavy atom. The van der Waals surface area contributed by atoms with Gasteiger partial charge in [0.05, 0.1) is 7.11 Å². The lowest BCUT2D eigenvalue weighted by molar-refractivity contribution is -0.145. The van der Waals surface area contributed by atoms with E-state index in [1.165, 1.54) is 7.11 Å². The minimum atomic E-state index is -0.534. The lowest BCUT2D eigenvalue weighted by Crippen LogP contribution is -2.48. The maximum atomic E-state index is 11.6. The molecule has 1 amide bonds. The van der Waals surface area contributed by atoms with Gasteiger partial charge in [0.25, 0.3) is 0 Å². The third kappa shape index (κ3) is 5.28. The van der Waals surface area contributed by atoms with Crippen LogP contribution in [0.25, 0.3) is 0 Å². The average molecular weight is 271 g/mol. The van der Waals surface area contributed by atoms with Crippen LogP contribution < -0.4 is 5.32 Å². The molecule has 0 aromatic carbocycles. The van der Waals surface area contributed by atoms with Gasteiger partial charge in [0, 0.05) is 12.0 Å². The number of rotatable bonds is 4. The quantitative estimate of drug-likeness (QED) is 0.617. The molecule has 1 saturated carbocycles. The van der Waals surface area contributed by atoms with Crippen molar-refractivity contribution in [3.05, 3.63) is 0 Å². The highest BCUT2D eigenvalue weighted by Gasteiger charge is 2.36. The summed E-state index contributed by atoms with van der Waals surface area (Å²) in [6, 6.07) is -0.0542. The van der Waals surface area contributed by atoms with E-state index in [1.54, 1.807) is 20.8 Å². The molecule has 0 aliphatic heterocycles. The van der Waals surface area contributed by atoms with Crippen molar-refractivity contribution >= 4 is 17.8 Å². The third-order valence-electron chi connectivity index (χ3n) is 2.86. The van der Waals surface area contributed by atoms with Crippen LogP contribution >= 0.6 is 0 Å². The zero-order valence-corrected chi connectivity index (χ0v) is 11.8. The maximum Gasteiger partial charge on any atom is 0.407 e. The summed E-state index contributed by atoms with van der Waals surface area (Å²) < 4.78 is 9.55. The first-order valence-corrected chi connectivity index (χ1v) is 6.30. The van der Waals surface area contributed by atoms with E-state index < -0.39 is 17.7 Å². The number of esters is 1. The fraction of sp³-hybridized carbons (Fsp3) is 0.769. The van der Waals surface area contributed by atoms with Crippen molar-refractivity contribution in [1.82, 2.24) is 5.32 Å². The molecule has 0 radical (unpaired) electrons. The number of carbonyl (C=O) groups excluding carboxylic acids is 3. The van der Waals surface area contributed by atoms with E-state index in [9.17, 15) is 14.4 Å². The van der Waals surface area contributed by atoms with Crippen LogP contribution in [0.4, 0.5) is 4.79 Å². The lowest BCUT2D eigenvalue weighted by Gasteiger charge is -2.35. The minimum Gasteiger partial charge on any atom is -0.469 e. The molecule has 1 fully saturated rings. The van der Waals surface area contributed by atoms with Crippen LogP contribution in [0.15, 0.2) is 0 Å². The summed E-state index contributed by atoms with van der Waals surface area (Å²) >= 11 is 0. The zero-order valence-electron chi connectivity index (χ0n) is 11.8. The highest BCUT2D eigenvalue weighted by molar-refractivity contribution is 5.97. The Hall–Kier alpha value is -1.59. The molecule has 19 heavy (non-hydrogen) atoms. The van der Waals surface area contributed by atoms with Crippen molar-refractivity contribution in [2.75, 3.05) is 7.11 Å². The lowest BCUT2D eigenvalue weighted by atomic mass is 9.77. The molecule has 0 heterocycles. The van der Waals surface area contributed by atoms with Crippen molar-refractivity contribution in [3.63, 3.8) is 0 Å². The van der Waals surface area contributed by atoms with Crippen molar-refractivity contribution in [2.24, 2.45) is 5.92 Å². The molecule has 1 aliphatic carbocycles. The number of hydrogen-bond donors (Lipinski definition) is 1. The van der Waals surface area contributed by atoms with Gasteiger partial charge >= 0.3 is 12.1 Å². The summed E-state index contributed by atoms with van der Waals surface area (Å²) in [6.07, 6.45) is 0.432. The molecule has 1 aliphatic rings. The first-order valence-electron chi connectivity index (χ1n) is 6.30. The third-order valence-corrected chi connectivity index (χ3v) is 2.86. The number of carbonyl (C=O) groups is 3. The van der Waals surface area contributed by atoms with Gasteiger partial charge in [-0.05, 0) is 33.6 Å². The Balaban J connectivity index is 2.25. The monoisotopic (exact) mass is 271 g/mol. The standard InChI is InChI=1S/C13H21NO5/c1-13(2,3)19-12(17)14-9-5-8(6-9)10(15)7-11(16)18-4/h8-9H,5-7H2,1-4H3,(H,14,17)/t8-,9-. The van der Waals surface area contributed by atoms with Gasteiger partial charge in [-0.15, -0.1) is 0 Å². The Bertz CT molecular complexity index is 366. The molecule has 0 atom stereocenters. The van der Waals surface area contributed by atoms with Crippen LogP contribution in [0.3, 0.4) is 0 Å².